The number of carbonyl (C=O) groups is 2. The fourth-order valence-corrected chi connectivity index (χ4v) is 2.63. The molecule has 5 nitrogen and oxygen atoms in total. The van der Waals surface area contributed by atoms with Crippen molar-refractivity contribution >= 4 is 23.0 Å². The highest BCUT2D eigenvalue weighted by atomic mass is 16.3. The minimum atomic E-state index is -0.745. The van der Waals surface area contributed by atoms with Gasteiger partial charge in [-0.2, -0.15) is 0 Å². The topological polar surface area (TPSA) is 79.6 Å². The van der Waals surface area contributed by atoms with Crippen molar-refractivity contribution < 1.29 is 14.7 Å². The number of benzene rings is 1. The Morgan fingerprint density at radius 1 is 1.08 bits per heavy atom. The number of rotatable bonds is 4. The normalized spacial score (nSPS) is 14.8. The molecule has 0 spiro atoms. The summed E-state index contributed by atoms with van der Waals surface area (Å²) in [6.07, 6.45) is 3.95. The molecule has 5 heteroatoms. The first-order valence-electron chi connectivity index (χ1n) is 7.72. The summed E-state index contributed by atoms with van der Waals surface area (Å²) >= 11 is 0. The number of hydrogen-bond donors (Lipinski definition) is 1. The molecule has 120 valence electrons. The van der Waals surface area contributed by atoms with E-state index in [0.717, 1.165) is 6.42 Å². The van der Waals surface area contributed by atoms with E-state index < -0.39 is 11.6 Å². The largest absolute Gasteiger partial charge is 0.506 e. The lowest BCUT2D eigenvalue weighted by molar-refractivity contribution is -0.111. The van der Waals surface area contributed by atoms with Crippen LogP contribution >= 0.6 is 0 Å². The van der Waals surface area contributed by atoms with Crippen LogP contribution in [0.5, 0.6) is 0 Å². The molecule has 1 aromatic carbocycles. The van der Waals surface area contributed by atoms with Crippen molar-refractivity contribution in [3.63, 3.8) is 0 Å². The van der Waals surface area contributed by atoms with Gasteiger partial charge in [0, 0.05) is 35.6 Å². The van der Waals surface area contributed by atoms with Crippen LogP contribution in [-0.2, 0) is 4.79 Å². The van der Waals surface area contributed by atoms with Gasteiger partial charge in [0.25, 0.3) is 0 Å². The Labute approximate surface area is 139 Å². The number of allylic oxidation sites excluding steroid dienone is 1. The number of aliphatic imine (C=N–C) groups is 1. The third-order valence-electron chi connectivity index (χ3n) is 3.76. The second kappa shape index (κ2) is 6.58. The number of hydrogen-bond acceptors (Lipinski definition) is 5. The summed E-state index contributed by atoms with van der Waals surface area (Å²) < 4.78 is 0. The van der Waals surface area contributed by atoms with E-state index in [9.17, 15) is 14.7 Å². The Bertz CT molecular complexity index is 867. The van der Waals surface area contributed by atoms with Crippen LogP contribution in [0.1, 0.15) is 34.8 Å². The van der Waals surface area contributed by atoms with Gasteiger partial charge in [-0.15, -0.1) is 0 Å². The summed E-state index contributed by atoms with van der Waals surface area (Å²) in [5.41, 5.74) is 1.40. The monoisotopic (exact) mass is 320 g/mol. The maximum Gasteiger partial charge on any atom is 0.239 e. The Morgan fingerprint density at radius 3 is 2.50 bits per heavy atom. The maximum absolute atomic E-state index is 12.6. The number of aromatic nitrogens is 1. The molecule has 1 N–H and O–H groups in total. The van der Waals surface area contributed by atoms with Crippen molar-refractivity contribution in [3.8, 4) is 0 Å². The van der Waals surface area contributed by atoms with Crippen LogP contribution in [0, 0.1) is 0 Å². The molecule has 0 unspecified atom stereocenters. The highest BCUT2D eigenvalue weighted by Crippen LogP contribution is 2.29. The average molecular weight is 320 g/mol. The zero-order valence-corrected chi connectivity index (χ0v) is 13.2. The van der Waals surface area contributed by atoms with Crippen LogP contribution in [0.25, 0.3) is 5.76 Å². The molecule has 0 saturated carbocycles. The zero-order chi connectivity index (χ0) is 17.1. The van der Waals surface area contributed by atoms with Crippen LogP contribution in [0.4, 0.5) is 0 Å². The molecule has 0 atom stereocenters. The maximum atomic E-state index is 12.6. The fraction of sp³-hybridized carbons (Fsp3) is 0.158. The predicted octanol–water partition coefficient (Wildman–Crippen LogP) is 3.02. The van der Waals surface area contributed by atoms with E-state index in [1.807, 2.05) is 6.92 Å². The molecule has 0 saturated heterocycles. The van der Waals surface area contributed by atoms with Gasteiger partial charge in [-0.1, -0.05) is 31.2 Å². The summed E-state index contributed by atoms with van der Waals surface area (Å²) in [4.78, 5) is 33.5. The molecule has 1 aliphatic rings. The molecular formula is C19H16N2O3. The number of carbonyl (C=O) groups excluding carboxylic acids is 2. The van der Waals surface area contributed by atoms with E-state index in [4.69, 9.17) is 0 Å². The van der Waals surface area contributed by atoms with Gasteiger partial charge in [0.05, 0.1) is 11.3 Å². The van der Waals surface area contributed by atoms with Gasteiger partial charge in [0.1, 0.15) is 5.76 Å². The van der Waals surface area contributed by atoms with E-state index >= 15 is 0 Å². The van der Waals surface area contributed by atoms with Gasteiger partial charge in [-0.3, -0.25) is 19.6 Å². The molecule has 1 aromatic heterocycles. The SMILES string of the molecule is CCCN=C(C1=C(O)c2ccccc2C(=O)C1=O)c1cccnc1. The van der Waals surface area contributed by atoms with Gasteiger partial charge in [-0.25, -0.2) is 0 Å². The first-order valence-corrected chi connectivity index (χ1v) is 7.72. The molecule has 0 amide bonds. The summed E-state index contributed by atoms with van der Waals surface area (Å²) in [7, 11) is 0. The van der Waals surface area contributed by atoms with Gasteiger partial charge < -0.3 is 5.11 Å². The molecule has 0 radical (unpaired) electrons. The second-order valence-corrected chi connectivity index (χ2v) is 5.40. The van der Waals surface area contributed by atoms with E-state index in [1.54, 1.807) is 42.7 Å². The average Bonchev–Trinajstić information content (AvgIpc) is 2.63. The molecule has 0 fully saturated rings. The molecular weight excluding hydrogens is 304 g/mol. The zero-order valence-electron chi connectivity index (χ0n) is 13.2. The highest BCUT2D eigenvalue weighted by molar-refractivity contribution is 6.59. The molecule has 0 aliphatic heterocycles. The summed E-state index contributed by atoms with van der Waals surface area (Å²) in [5, 5.41) is 10.6. The number of Topliss-reactive ketones (excluding diaryl/α,β-unsaturated/α-hetero) is 2. The van der Waals surface area contributed by atoms with E-state index in [-0.39, 0.29) is 16.9 Å². The molecule has 1 heterocycles. The third-order valence-corrected chi connectivity index (χ3v) is 3.76. The first kappa shape index (κ1) is 15.8. The van der Waals surface area contributed by atoms with Crippen molar-refractivity contribution in [2.75, 3.05) is 6.54 Å². The number of nitrogens with zero attached hydrogens (tertiary/aromatic N) is 2. The predicted molar refractivity (Wildman–Crippen MR) is 91.3 cm³/mol. The van der Waals surface area contributed by atoms with Crippen molar-refractivity contribution in [1.82, 2.24) is 4.98 Å². The Morgan fingerprint density at radius 2 is 1.83 bits per heavy atom. The van der Waals surface area contributed by atoms with Crippen molar-refractivity contribution in [3.05, 3.63) is 71.1 Å². The third kappa shape index (κ3) is 2.65. The van der Waals surface area contributed by atoms with E-state index in [2.05, 4.69) is 9.98 Å². The number of ketones is 2. The summed E-state index contributed by atoms with van der Waals surface area (Å²) in [6, 6.07) is 10.0. The quantitative estimate of drug-likeness (QED) is 0.693. The van der Waals surface area contributed by atoms with Crippen LogP contribution in [0.3, 0.4) is 0 Å². The molecule has 2 aromatic rings. The van der Waals surface area contributed by atoms with Gasteiger partial charge in [-0.05, 0) is 18.6 Å². The van der Waals surface area contributed by atoms with Crippen LogP contribution < -0.4 is 0 Å². The fourth-order valence-electron chi connectivity index (χ4n) is 2.63. The lowest BCUT2D eigenvalue weighted by atomic mass is 9.85. The Balaban J connectivity index is 2.24. The van der Waals surface area contributed by atoms with Crippen LogP contribution in [0.15, 0.2) is 59.4 Å². The molecule has 0 bridgehead atoms. The van der Waals surface area contributed by atoms with Crippen molar-refractivity contribution in [1.29, 1.82) is 0 Å². The first-order chi connectivity index (χ1) is 11.6. The van der Waals surface area contributed by atoms with Crippen molar-refractivity contribution in [2.45, 2.75) is 13.3 Å². The Kier molecular flexibility index (Phi) is 4.33. The number of aliphatic hydroxyl groups excluding tert-OH is 1. The van der Waals surface area contributed by atoms with Gasteiger partial charge in [0.2, 0.25) is 11.6 Å². The van der Waals surface area contributed by atoms with Crippen LogP contribution in [-0.4, -0.2) is 33.9 Å². The Hall–Kier alpha value is -3.08. The number of pyridine rings is 1. The molecule has 24 heavy (non-hydrogen) atoms. The van der Waals surface area contributed by atoms with Gasteiger partial charge >= 0.3 is 0 Å². The molecule has 3 rings (SSSR count). The lowest BCUT2D eigenvalue weighted by Crippen LogP contribution is -2.29. The lowest BCUT2D eigenvalue weighted by Gasteiger charge is -2.19. The minimum Gasteiger partial charge on any atom is -0.506 e. The van der Waals surface area contributed by atoms with Gasteiger partial charge in [0.15, 0.2) is 0 Å². The highest BCUT2D eigenvalue weighted by Gasteiger charge is 2.35. The second-order valence-electron chi connectivity index (χ2n) is 5.40. The smallest absolute Gasteiger partial charge is 0.239 e. The summed E-state index contributed by atoms with van der Waals surface area (Å²) in [5.74, 6) is -1.59. The summed E-state index contributed by atoms with van der Waals surface area (Å²) in [6.45, 7) is 2.44. The van der Waals surface area contributed by atoms with Crippen LogP contribution in [0.2, 0.25) is 0 Å². The van der Waals surface area contributed by atoms with E-state index in [0.29, 0.717) is 23.4 Å². The van der Waals surface area contributed by atoms with E-state index in [1.165, 1.54) is 6.07 Å². The number of fused-ring (bicyclic) bond motifs is 1. The standard InChI is InChI=1S/C19H16N2O3/c1-2-9-21-16(12-6-5-10-20-11-12)15-17(22)13-7-3-4-8-14(13)18(23)19(15)24/h3-8,10-11,22H,2,9H2,1H3. The minimum absolute atomic E-state index is 0.0554. The van der Waals surface area contributed by atoms with Crippen molar-refractivity contribution in [2.24, 2.45) is 4.99 Å². The number of aliphatic hydroxyl groups is 1. The molecule has 1 aliphatic carbocycles.